The second kappa shape index (κ2) is 20.3. The van der Waals surface area contributed by atoms with E-state index in [0.717, 1.165) is 47.1 Å². The molecule has 0 spiro atoms. The Morgan fingerprint density at radius 1 is 0.922 bits per heavy atom. The number of nitrogens with one attached hydrogen (secondary N) is 1. The van der Waals surface area contributed by atoms with Crippen LogP contribution < -0.4 is 11.1 Å². The average Bonchev–Trinajstić information content (AvgIpc) is 3.12. The van der Waals surface area contributed by atoms with Crippen molar-refractivity contribution in [2.24, 2.45) is 5.73 Å². The minimum atomic E-state index is -0.897. The van der Waals surface area contributed by atoms with E-state index in [1.807, 2.05) is 87.5 Å². The minimum Gasteiger partial charge on any atom is -0.354 e. The molecule has 0 saturated heterocycles. The third-order valence-electron chi connectivity index (χ3n) is 9.65. The van der Waals surface area contributed by atoms with Gasteiger partial charge in [0.15, 0.2) is 0 Å². The molecular weight excluding hydrogens is 639 g/mol. The third kappa shape index (κ3) is 12.3. The lowest BCUT2D eigenvalue weighted by Crippen LogP contribution is -2.57. The quantitative estimate of drug-likeness (QED) is 0.130. The maximum atomic E-state index is 14.8. The maximum absolute atomic E-state index is 14.8. The van der Waals surface area contributed by atoms with Crippen LogP contribution in [0.25, 0.3) is 6.08 Å². The summed E-state index contributed by atoms with van der Waals surface area (Å²) >= 11 is 0. The smallest absolute Gasteiger partial charge is 0.246 e. The Morgan fingerprint density at radius 2 is 1.59 bits per heavy atom. The van der Waals surface area contributed by atoms with Crippen LogP contribution >= 0.6 is 0 Å². The van der Waals surface area contributed by atoms with Crippen LogP contribution in [0.3, 0.4) is 0 Å². The van der Waals surface area contributed by atoms with Gasteiger partial charge in [-0.25, -0.2) is 4.39 Å². The number of likely N-dealkylation sites (N-methyl/N-ethyl adjacent to an activating group) is 2. The molecular formula is C43H57FN4O3. The number of benzene rings is 3. The fourth-order valence-corrected chi connectivity index (χ4v) is 6.43. The first-order valence-electron chi connectivity index (χ1n) is 18.3. The molecule has 0 bridgehead atoms. The number of allylic oxidation sites excluding steroid dienone is 1. The molecule has 3 aromatic rings. The van der Waals surface area contributed by atoms with Gasteiger partial charge < -0.3 is 20.9 Å². The highest BCUT2D eigenvalue weighted by atomic mass is 19.1. The first-order chi connectivity index (χ1) is 24.4. The van der Waals surface area contributed by atoms with E-state index in [0.29, 0.717) is 19.4 Å². The summed E-state index contributed by atoms with van der Waals surface area (Å²) in [5, 5.41) is 3.04. The maximum Gasteiger partial charge on any atom is 0.246 e. The van der Waals surface area contributed by atoms with Gasteiger partial charge in [0.25, 0.3) is 0 Å². The number of halogens is 1. The summed E-state index contributed by atoms with van der Waals surface area (Å²) < 4.78 is 13.9. The highest BCUT2D eigenvalue weighted by Crippen LogP contribution is 2.21. The minimum absolute atomic E-state index is 0.186. The molecule has 3 atom stereocenters. The zero-order chi connectivity index (χ0) is 37.4. The predicted octanol–water partition coefficient (Wildman–Crippen LogP) is 7.21. The van der Waals surface area contributed by atoms with Gasteiger partial charge >= 0.3 is 0 Å². The number of nitrogens with two attached hydrogens (primary N) is 1. The third-order valence-corrected chi connectivity index (χ3v) is 9.65. The van der Waals surface area contributed by atoms with Crippen molar-refractivity contribution >= 4 is 23.8 Å². The highest BCUT2D eigenvalue weighted by Gasteiger charge is 2.36. The number of carbonyl (C=O) groups excluding carboxylic acids is 3. The van der Waals surface area contributed by atoms with E-state index in [9.17, 15) is 18.8 Å². The Hall–Kier alpha value is -4.56. The Balaban J connectivity index is 1.97. The Bertz CT molecular complexity index is 1620. The lowest BCUT2D eigenvalue weighted by molar-refractivity contribution is -0.147. The van der Waals surface area contributed by atoms with Crippen LogP contribution in [-0.2, 0) is 33.6 Å². The Morgan fingerprint density at radius 3 is 2.20 bits per heavy atom. The molecule has 3 aromatic carbocycles. The molecule has 0 aliphatic carbocycles. The molecule has 3 rings (SSSR count). The van der Waals surface area contributed by atoms with Gasteiger partial charge in [-0.2, -0.15) is 0 Å². The number of amides is 3. The second-order valence-electron chi connectivity index (χ2n) is 13.4. The fourth-order valence-electron chi connectivity index (χ4n) is 6.43. The van der Waals surface area contributed by atoms with Gasteiger partial charge in [0.1, 0.15) is 17.9 Å². The Labute approximate surface area is 304 Å². The summed E-state index contributed by atoms with van der Waals surface area (Å²) in [5.74, 6) is -1.34. The largest absolute Gasteiger partial charge is 0.354 e. The van der Waals surface area contributed by atoms with E-state index in [1.54, 1.807) is 24.1 Å². The van der Waals surface area contributed by atoms with Gasteiger partial charge in [-0.15, -0.1) is 0 Å². The average molecular weight is 697 g/mol. The van der Waals surface area contributed by atoms with Crippen molar-refractivity contribution < 1.29 is 18.8 Å². The van der Waals surface area contributed by atoms with E-state index in [-0.39, 0.29) is 42.9 Å². The number of hydrogen-bond donors (Lipinski definition) is 2. The monoisotopic (exact) mass is 696 g/mol. The Kier molecular flexibility index (Phi) is 16.3. The first-order valence-corrected chi connectivity index (χ1v) is 18.3. The summed E-state index contributed by atoms with van der Waals surface area (Å²) in [4.78, 5) is 45.5. The van der Waals surface area contributed by atoms with Crippen molar-refractivity contribution in [3.8, 4) is 0 Å². The van der Waals surface area contributed by atoms with Crippen LogP contribution in [0.1, 0.15) is 81.2 Å². The molecule has 51 heavy (non-hydrogen) atoms. The van der Waals surface area contributed by atoms with E-state index in [4.69, 9.17) is 5.73 Å². The van der Waals surface area contributed by atoms with Crippen LogP contribution in [0.4, 0.5) is 4.39 Å². The lowest BCUT2D eigenvalue weighted by Gasteiger charge is -2.36. The number of rotatable bonds is 19. The standard InChI is InChI=1S/C43H57FN4O3/c1-7-15-36-22-19-35(29-32(36)5)31-39(47(6)40(49)18-14-27-43(45,9-3)26-8-2)42(51)48(10-4)38(30-34-20-23-37(44)24-21-34)41(50)46-28-25-33-16-12-11-13-17-33/h7,11-24,29,38-39H,8-10,25-28,30-31,45H2,1-6H3,(H,46,50)/b15-7-,18-14+/t38?,39-,43?/m1/s1. The molecule has 0 aliphatic rings. The number of nitrogens with zero attached hydrogens (tertiary/aromatic N) is 2. The SMILES string of the molecule is C/C=C\c1ccc(C[C@H](C(=O)N(CC)C(Cc2ccc(F)cc2)C(=O)NCCc2ccccc2)N(C)C(=O)/C=C/CC(N)(CC)CCC)cc1C. The highest BCUT2D eigenvalue weighted by molar-refractivity contribution is 5.95. The topological polar surface area (TPSA) is 95.7 Å². The summed E-state index contributed by atoms with van der Waals surface area (Å²) in [7, 11) is 1.64. The normalized spacial score (nSPS) is 13.9. The van der Waals surface area contributed by atoms with E-state index >= 15 is 0 Å². The van der Waals surface area contributed by atoms with Crippen LogP contribution in [-0.4, -0.2) is 65.3 Å². The number of carbonyl (C=O) groups is 3. The molecule has 0 aromatic heterocycles. The first kappa shape index (κ1) is 40.9. The van der Waals surface area contributed by atoms with Gasteiger partial charge in [-0.3, -0.25) is 14.4 Å². The van der Waals surface area contributed by atoms with Gasteiger partial charge in [0.05, 0.1) is 0 Å². The van der Waals surface area contributed by atoms with Crippen molar-refractivity contribution in [1.82, 2.24) is 15.1 Å². The van der Waals surface area contributed by atoms with Crippen molar-refractivity contribution in [3.63, 3.8) is 0 Å². The summed E-state index contributed by atoms with van der Waals surface area (Å²) in [6, 6.07) is 20.1. The van der Waals surface area contributed by atoms with E-state index < -0.39 is 17.6 Å². The lowest BCUT2D eigenvalue weighted by atomic mass is 9.88. The summed E-state index contributed by atoms with van der Waals surface area (Å²) in [6.45, 7) is 10.6. The number of aryl methyl sites for hydroxylation is 1. The predicted molar refractivity (Wildman–Crippen MR) is 206 cm³/mol. The van der Waals surface area contributed by atoms with Crippen LogP contribution in [0.5, 0.6) is 0 Å². The molecule has 2 unspecified atom stereocenters. The van der Waals surface area contributed by atoms with Crippen molar-refractivity contribution in [3.05, 3.63) is 125 Å². The van der Waals surface area contributed by atoms with Gasteiger partial charge in [0, 0.05) is 38.5 Å². The number of hydrogen-bond acceptors (Lipinski definition) is 4. The van der Waals surface area contributed by atoms with Crippen LogP contribution in [0, 0.1) is 12.7 Å². The van der Waals surface area contributed by atoms with Crippen molar-refractivity contribution in [2.45, 2.75) is 97.2 Å². The van der Waals surface area contributed by atoms with Gasteiger partial charge in [0.2, 0.25) is 17.7 Å². The fraction of sp³-hybridized carbons (Fsp3) is 0.419. The van der Waals surface area contributed by atoms with Crippen LogP contribution in [0.15, 0.2) is 91.0 Å². The van der Waals surface area contributed by atoms with E-state index in [1.165, 1.54) is 23.1 Å². The molecule has 0 aliphatic heterocycles. The molecule has 8 heteroatoms. The summed E-state index contributed by atoms with van der Waals surface area (Å²) in [5.41, 5.74) is 11.0. The van der Waals surface area contributed by atoms with Crippen LogP contribution in [0.2, 0.25) is 0 Å². The zero-order valence-corrected chi connectivity index (χ0v) is 31.3. The molecule has 0 heterocycles. The summed E-state index contributed by atoms with van der Waals surface area (Å²) in [6.07, 6.45) is 11.5. The zero-order valence-electron chi connectivity index (χ0n) is 31.3. The molecule has 0 radical (unpaired) electrons. The molecule has 7 nitrogen and oxygen atoms in total. The molecule has 0 saturated carbocycles. The molecule has 274 valence electrons. The van der Waals surface area contributed by atoms with Gasteiger partial charge in [-0.1, -0.05) is 99.2 Å². The molecule has 0 fully saturated rings. The second-order valence-corrected chi connectivity index (χ2v) is 13.4. The van der Waals surface area contributed by atoms with E-state index in [2.05, 4.69) is 19.2 Å². The molecule has 3 amide bonds. The van der Waals surface area contributed by atoms with Crippen molar-refractivity contribution in [2.75, 3.05) is 20.1 Å². The van der Waals surface area contributed by atoms with Crippen molar-refractivity contribution in [1.29, 1.82) is 0 Å². The van der Waals surface area contributed by atoms with Gasteiger partial charge in [-0.05, 0) is 92.5 Å². The molecule has 3 N–H and O–H groups in total.